The second-order valence-corrected chi connectivity index (χ2v) is 8.19. The largest absolute Gasteiger partial charge is 0.419 e. The van der Waals surface area contributed by atoms with Crippen LogP contribution >= 0.6 is 0 Å². The minimum absolute atomic E-state index is 0.0551. The first-order chi connectivity index (χ1) is 16.1. The summed E-state index contributed by atoms with van der Waals surface area (Å²) in [5.74, 6) is 0.311. The molecule has 2 aliphatic rings. The summed E-state index contributed by atoms with van der Waals surface area (Å²) < 4.78 is 68.7. The van der Waals surface area contributed by atoms with E-state index in [1.807, 2.05) is 13.8 Å². The molecule has 2 atom stereocenters. The van der Waals surface area contributed by atoms with Gasteiger partial charge in [-0.2, -0.15) is 18.3 Å². The van der Waals surface area contributed by atoms with E-state index in [1.54, 1.807) is 0 Å². The van der Waals surface area contributed by atoms with E-state index in [0.717, 1.165) is 55.2 Å². The van der Waals surface area contributed by atoms with Gasteiger partial charge in [-0.05, 0) is 37.3 Å². The van der Waals surface area contributed by atoms with Gasteiger partial charge in [0.1, 0.15) is 12.4 Å². The van der Waals surface area contributed by atoms with Gasteiger partial charge in [-0.25, -0.2) is 13.8 Å². The molecule has 1 aliphatic heterocycles. The molecule has 2 unspecified atom stereocenters. The van der Waals surface area contributed by atoms with Gasteiger partial charge in [-0.3, -0.25) is 9.58 Å². The van der Waals surface area contributed by atoms with E-state index in [-0.39, 0.29) is 11.3 Å². The van der Waals surface area contributed by atoms with Gasteiger partial charge in [0, 0.05) is 37.1 Å². The predicted molar refractivity (Wildman–Crippen MR) is 121 cm³/mol. The van der Waals surface area contributed by atoms with Crippen LogP contribution in [0.15, 0.2) is 24.5 Å². The van der Waals surface area contributed by atoms with Crippen LogP contribution in [-0.4, -0.2) is 58.4 Å². The molecule has 0 amide bonds. The van der Waals surface area contributed by atoms with Crippen molar-refractivity contribution in [3.05, 3.63) is 30.1 Å². The van der Waals surface area contributed by atoms with Crippen molar-refractivity contribution >= 4 is 5.82 Å². The standard InChI is InChI=1S/C11H9F5N4.C10H19NO.C2H6/c12-9(13)5-20-2-1-8(19-20)6-3-7(11(14,15)16)10(17)18-4-6;1-9-2-3-10(8-9)11-4-6-12-7-5-11;1-2/h1-4,9H,5H2,(H2,17,18);9-10H,2-8H2,1H3;1-2H3. The zero-order valence-electron chi connectivity index (χ0n) is 19.9. The number of nitrogen functional groups attached to an aromatic ring is 1. The van der Waals surface area contributed by atoms with Gasteiger partial charge < -0.3 is 10.5 Å². The maximum Gasteiger partial charge on any atom is 0.419 e. The summed E-state index contributed by atoms with van der Waals surface area (Å²) in [6.45, 7) is 9.97. The number of ether oxygens (including phenoxy) is 1. The molecule has 0 aromatic carbocycles. The average Bonchev–Trinajstić information content (AvgIpc) is 3.44. The normalized spacial score (nSPS) is 21.0. The van der Waals surface area contributed by atoms with Gasteiger partial charge in [-0.15, -0.1) is 0 Å². The summed E-state index contributed by atoms with van der Waals surface area (Å²) in [6.07, 6.45) is -0.606. The number of halogens is 5. The number of nitrogens with two attached hydrogens (primary N) is 1. The molecule has 0 radical (unpaired) electrons. The van der Waals surface area contributed by atoms with E-state index < -0.39 is 30.5 Å². The summed E-state index contributed by atoms with van der Waals surface area (Å²) in [4.78, 5) is 6.07. The van der Waals surface area contributed by atoms with Crippen molar-refractivity contribution < 1.29 is 26.7 Å². The van der Waals surface area contributed by atoms with Gasteiger partial charge in [0.15, 0.2) is 0 Å². The van der Waals surface area contributed by atoms with Crippen molar-refractivity contribution in [1.82, 2.24) is 19.7 Å². The van der Waals surface area contributed by atoms with Crippen LogP contribution in [0.2, 0.25) is 0 Å². The van der Waals surface area contributed by atoms with Gasteiger partial charge in [-0.1, -0.05) is 20.8 Å². The monoisotopic (exact) mass is 491 g/mol. The van der Waals surface area contributed by atoms with Gasteiger partial charge in [0.2, 0.25) is 0 Å². The zero-order valence-corrected chi connectivity index (χ0v) is 19.9. The lowest BCUT2D eigenvalue weighted by molar-refractivity contribution is -0.137. The first kappa shape index (κ1) is 28.0. The second kappa shape index (κ2) is 13.0. The number of pyridine rings is 1. The molecule has 1 saturated heterocycles. The molecule has 6 nitrogen and oxygen atoms in total. The predicted octanol–water partition coefficient (Wildman–Crippen LogP) is 5.34. The van der Waals surface area contributed by atoms with E-state index in [9.17, 15) is 22.0 Å². The fourth-order valence-electron chi connectivity index (χ4n) is 4.05. The minimum atomic E-state index is -4.64. The fraction of sp³-hybridized carbons (Fsp3) is 0.652. The molecule has 34 heavy (non-hydrogen) atoms. The highest BCUT2D eigenvalue weighted by atomic mass is 19.4. The topological polar surface area (TPSA) is 69.2 Å². The first-order valence-electron chi connectivity index (χ1n) is 11.6. The van der Waals surface area contributed by atoms with E-state index in [1.165, 1.54) is 31.5 Å². The van der Waals surface area contributed by atoms with Crippen LogP contribution in [-0.2, 0) is 17.5 Å². The van der Waals surface area contributed by atoms with Gasteiger partial charge in [0.05, 0.1) is 24.5 Å². The van der Waals surface area contributed by atoms with Crippen LogP contribution in [0, 0.1) is 5.92 Å². The third-order valence-electron chi connectivity index (χ3n) is 5.71. The quantitative estimate of drug-likeness (QED) is 0.585. The van der Waals surface area contributed by atoms with Crippen LogP contribution in [0.1, 0.15) is 45.6 Å². The van der Waals surface area contributed by atoms with E-state index in [4.69, 9.17) is 10.5 Å². The van der Waals surface area contributed by atoms with Crippen LogP contribution in [0.3, 0.4) is 0 Å². The molecule has 1 saturated carbocycles. The van der Waals surface area contributed by atoms with Crippen molar-refractivity contribution in [2.75, 3.05) is 32.0 Å². The molecule has 2 N–H and O–H groups in total. The number of hydrogen-bond acceptors (Lipinski definition) is 5. The molecule has 1 aliphatic carbocycles. The minimum Gasteiger partial charge on any atom is -0.383 e. The number of anilines is 1. The number of hydrogen-bond donors (Lipinski definition) is 1. The Morgan fingerprint density at radius 3 is 2.41 bits per heavy atom. The summed E-state index contributed by atoms with van der Waals surface area (Å²) in [7, 11) is 0. The van der Waals surface area contributed by atoms with Crippen LogP contribution in [0.25, 0.3) is 11.3 Å². The molecular weight excluding hydrogens is 457 g/mol. The van der Waals surface area contributed by atoms with E-state index in [2.05, 4.69) is 21.9 Å². The molecule has 4 rings (SSSR count). The number of morpholine rings is 1. The van der Waals surface area contributed by atoms with Crippen LogP contribution in [0.4, 0.5) is 27.8 Å². The lowest BCUT2D eigenvalue weighted by Gasteiger charge is -2.32. The third kappa shape index (κ3) is 8.19. The van der Waals surface area contributed by atoms with Crippen LogP contribution < -0.4 is 5.73 Å². The number of aromatic nitrogens is 3. The molecule has 11 heteroatoms. The molecule has 0 spiro atoms. The zero-order chi connectivity index (χ0) is 25.3. The SMILES string of the molecule is CC.CC1CCC(N2CCOCC2)C1.Nc1ncc(-c2ccn(CC(F)F)n2)cc1C(F)(F)F. The number of rotatable bonds is 4. The van der Waals surface area contributed by atoms with Crippen molar-refractivity contribution in [2.45, 2.75) is 65.2 Å². The fourth-order valence-corrected chi connectivity index (χ4v) is 4.05. The second-order valence-electron chi connectivity index (χ2n) is 8.19. The van der Waals surface area contributed by atoms with Crippen molar-refractivity contribution in [2.24, 2.45) is 5.92 Å². The van der Waals surface area contributed by atoms with Crippen LogP contribution in [0.5, 0.6) is 0 Å². The molecule has 192 valence electrons. The Labute approximate surface area is 197 Å². The molecule has 2 aromatic heterocycles. The Balaban J connectivity index is 0.000000248. The Morgan fingerprint density at radius 1 is 1.18 bits per heavy atom. The summed E-state index contributed by atoms with van der Waals surface area (Å²) >= 11 is 0. The number of alkyl halides is 5. The lowest BCUT2D eigenvalue weighted by atomic mass is 10.1. The first-order valence-corrected chi connectivity index (χ1v) is 11.6. The van der Waals surface area contributed by atoms with E-state index >= 15 is 0 Å². The van der Waals surface area contributed by atoms with Crippen molar-refractivity contribution in [3.63, 3.8) is 0 Å². The molecular formula is C23H34F5N5O. The molecule has 3 heterocycles. The van der Waals surface area contributed by atoms with Gasteiger partial charge in [0.25, 0.3) is 6.43 Å². The lowest BCUT2D eigenvalue weighted by Crippen LogP contribution is -2.42. The van der Waals surface area contributed by atoms with Crippen molar-refractivity contribution in [1.29, 1.82) is 0 Å². The third-order valence-corrected chi connectivity index (χ3v) is 5.71. The smallest absolute Gasteiger partial charge is 0.383 e. The Hall–Kier alpha value is -2.27. The molecule has 2 aromatic rings. The maximum absolute atomic E-state index is 12.7. The maximum atomic E-state index is 12.7. The average molecular weight is 492 g/mol. The molecule has 2 fully saturated rings. The highest BCUT2D eigenvalue weighted by Gasteiger charge is 2.34. The van der Waals surface area contributed by atoms with Gasteiger partial charge >= 0.3 is 6.18 Å². The summed E-state index contributed by atoms with van der Waals surface area (Å²) in [5.41, 5.74) is 4.25. The summed E-state index contributed by atoms with van der Waals surface area (Å²) in [5, 5.41) is 3.76. The van der Waals surface area contributed by atoms with Crippen molar-refractivity contribution in [3.8, 4) is 11.3 Å². The van der Waals surface area contributed by atoms with E-state index in [0.29, 0.717) is 0 Å². The summed E-state index contributed by atoms with van der Waals surface area (Å²) in [6, 6.07) is 3.00. The number of nitrogens with zero attached hydrogens (tertiary/aromatic N) is 4. The molecule has 0 bridgehead atoms. The Bertz CT molecular complexity index is 865. The Kier molecular flexibility index (Phi) is 10.7. The Morgan fingerprint density at radius 2 is 1.85 bits per heavy atom. The highest BCUT2D eigenvalue weighted by molar-refractivity contribution is 5.61. The highest BCUT2D eigenvalue weighted by Crippen LogP contribution is 2.34.